The smallest absolute Gasteiger partial charge is 0.320 e. The largest absolute Gasteiger partial charge is 0.480 e. The van der Waals surface area contributed by atoms with E-state index < -0.39 is 12.0 Å². The molecule has 0 aliphatic rings. The van der Waals surface area contributed by atoms with Gasteiger partial charge in [0.2, 0.25) is 5.88 Å². The molecule has 9 heteroatoms. The van der Waals surface area contributed by atoms with Gasteiger partial charge < -0.3 is 20.1 Å². The topological polar surface area (TPSA) is 124 Å². The van der Waals surface area contributed by atoms with Crippen LogP contribution in [0, 0.1) is 0 Å². The molecular weight excluding hydrogens is 348 g/mol. The molecular formula is C16H13ClN4O4. The normalized spacial score (nSPS) is 11.9. The second-order valence-corrected chi connectivity index (χ2v) is 5.54. The van der Waals surface area contributed by atoms with E-state index in [2.05, 4.69) is 15.1 Å². The monoisotopic (exact) mass is 360 g/mol. The van der Waals surface area contributed by atoms with Gasteiger partial charge in [0.1, 0.15) is 11.8 Å². The van der Waals surface area contributed by atoms with E-state index in [1.165, 1.54) is 6.20 Å². The number of pyridine rings is 1. The number of nitrogens with two attached hydrogens (primary N) is 1. The third-order valence-electron chi connectivity index (χ3n) is 3.21. The molecule has 0 aliphatic carbocycles. The number of carbonyl (C=O) groups is 1. The summed E-state index contributed by atoms with van der Waals surface area (Å²) in [5.41, 5.74) is 6.11. The number of aliphatic carboxylic acids is 1. The molecule has 0 bridgehead atoms. The van der Waals surface area contributed by atoms with E-state index in [9.17, 15) is 4.79 Å². The SMILES string of the molecule is NC(Cc1noc(-c2ccc(Oc3ccc(Cl)cn3)cc2)n1)C(=O)O. The van der Waals surface area contributed by atoms with E-state index in [4.69, 9.17) is 31.7 Å². The van der Waals surface area contributed by atoms with E-state index in [-0.39, 0.29) is 18.1 Å². The maximum absolute atomic E-state index is 10.7. The lowest BCUT2D eigenvalue weighted by atomic mass is 10.2. The molecule has 3 rings (SSSR count). The van der Waals surface area contributed by atoms with Gasteiger partial charge in [-0.05, 0) is 30.3 Å². The van der Waals surface area contributed by atoms with Crippen molar-refractivity contribution in [1.29, 1.82) is 0 Å². The van der Waals surface area contributed by atoms with Crippen LogP contribution in [0.1, 0.15) is 5.82 Å². The lowest BCUT2D eigenvalue weighted by Crippen LogP contribution is -2.32. The molecule has 8 nitrogen and oxygen atoms in total. The number of hydrogen-bond acceptors (Lipinski definition) is 7. The van der Waals surface area contributed by atoms with Gasteiger partial charge in [-0.15, -0.1) is 0 Å². The number of benzene rings is 1. The molecule has 0 radical (unpaired) electrons. The molecule has 0 spiro atoms. The van der Waals surface area contributed by atoms with Crippen molar-refractivity contribution < 1.29 is 19.2 Å². The highest BCUT2D eigenvalue weighted by Crippen LogP contribution is 2.24. The summed E-state index contributed by atoms with van der Waals surface area (Å²) < 4.78 is 10.7. The van der Waals surface area contributed by atoms with E-state index in [0.717, 1.165) is 0 Å². The summed E-state index contributed by atoms with van der Waals surface area (Å²) in [6, 6.07) is 9.18. The Morgan fingerprint density at radius 3 is 2.68 bits per heavy atom. The molecule has 0 amide bonds. The number of rotatable bonds is 6. The maximum atomic E-state index is 10.7. The van der Waals surface area contributed by atoms with Crippen molar-refractivity contribution in [1.82, 2.24) is 15.1 Å². The Labute approximate surface area is 147 Å². The van der Waals surface area contributed by atoms with Crippen LogP contribution in [-0.4, -0.2) is 32.2 Å². The van der Waals surface area contributed by atoms with Crippen molar-refractivity contribution in [3.05, 3.63) is 53.4 Å². The molecule has 25 heavy (non-hydrogen) atoms. The Balaban J connectivity index is 1.69. The highest BCUT2D eigenvalue weighted by Gasteiger charge is 2.17. The van der Waals surface area contributed by atoms with Crippen molar-refractivity contribution in [3.8, 4) is 23.1 Å². The molecule has 3 aromatic rings. The summed E-state index contributed by atoms with van der Waals surface area (Å²) in [5.74, 6) is 0.370. The first-order valence-corrected chi connectivity index (χ1v) is 7.60. The first kappa shape index (κ1) is 16.9. The molecule has 2 aromatic heterocycles. The Hall–Kier alpha value is -2.97. The lowest BCUT2D eigenvalue weighted by Gasteiger charge is -2.04. The van der Waals surface area contributed by atoms with Crippen LogP contribution in [0.3, 0.4) is 0 Å². The van der Waals surface area contributed by atoms with Gasteiger partial charge >= 0.3 is 5.97 Å². The molecule has 0 saturated heterocycles. The molecule has 1 atom stereocenters. The molecule has 1 aromatic carbocycles. The van der Waals surface area contributed by atoms with Crippen LogP contribution in [0.25, 0.3) is 11.5 Å². The number of aromatic nitrogens is 3. The number of halogens is 1. The number of ether oxygens (including phenoxy) is 1. The average molecular weight is 361 g/mol. The standard InChI is InChI=1S/C16H13ClN4O4/c17-10-3-6-14(19-8-10)24-11-4-1-9(2-5-11)15-20-13(21-25-15)7-12(18)16(22)23/h1-6,8,12H,7,18H2,(H,22,23). The Bertz CT molecular complexity index is 865. The minimum Gasteiger partial charge on any atom is -0.480 e. The third-order valence-corrected chi connectivity index (χ3v) is 3.44. The summed E-state index contributed by atoms with van der Waals surface area (Å²) in [6.45, 7) is 0. The van der Waals surface area contributed by atoms with Crippen LogP contribution >= 0.6 is 11.6 Å². The van der Waals surface area contributed by atoms with Gasteiger partial charge in [0, 0.05) is 24.2 Å². The second kappa shape index (κ2) is 7.29. The van der Waals surface area contributed by atoms with E-state index >= 15 is 0 Å². The van der Waals surface area contributed by atoms with E-state index in [1.54, 1.807) is 36.4 Å². The Kier molecular flexibility index (Phi) is 4.92. The number of nitrogens with zero attached hydrogens (tertiary/aromatic N) is 3. The predicted octanol–water partition coefficient (Wildman–Crippen LogP) is 2.53. The zero-order chi connectivity index (χ0) is 17.8. The van der Waals surface area contributed by atoms with E-state index in [0.29, 0.717) is 22.2 Å². The number of carboxylic acid groups (broad SMARTS) is 1. The predicted molar refractivity (Wildman–Crippen MR) is 88.4 cm³/mol. The zero-order valence-electron chi connectivity index (χ0n) is 12.8. The second-order valence-electron chi connectivity index (χ2n) is 5.11. The third kappa shape index (κ3) is 4.31. The summed E-state index contributed by atoms with van der Waals surface area (Å²) >= 11 is 5.77. The van der Waals surface area contributed by atoms with Crippen LogP contribution < -0.4 is 10.5 Å². The molecule has 2 heterocycles. The highest BCUT2D eigenvalue weighted by atomic mass is 35.5. The minimum absolute atomic E-state index is 0.0116. The fourth-order valence-electron chi connectivity index (χ4n) is 1.95. The molecule has 0 fully saturated rings. The molecule has 1 unspecified atom stereocenters. The summed E-state index contributed by atoms with van der Waals surface area (Å²) in [6.07, 6.45) is 1.48. The average Bonchev–Trinajstić information content (AvgIpc) is 3.06. The Morgan fingerprint density at radius 1 is 1.28 bits per heavy atom. The van der Waals surface area contributed by atoms with Crippen molar-refractivity contribution >= 4 is 17.6 Å². The van der Waals surface area contributed by atoms with Crippen LogP contribution in [0.5, 0.6) is 11.6 Å². The molecule has 0 saturated carbocycles. The van der Waals surface area contributed by atoms with Gasteiger partial charge in [-0.25, -0.2) is 4.98 Å². The van der Waals surface area contributed by atoms with Gasteiger partial charge in [-0.3, -0.25) is 4.79 Å². The van der Waals surface area contributed by atoms with Gasteiger partial charge in [0.25, 0.3) is 5.89 Å². The summed E-state index contributed by atoms with van der Waals surface area (Å²) in [5, 5.41) is 13.1. The van der Waals surface area contributed by atoms with Gasteiger partial charge in [-0.2, -0.15) is 4.98 Å². The fourth-order valence-corrected chi connectivity index (χ4v) is 2.06. The summed E-state index contributed by atoms with van der Waals surface area (Å²) in [4.78, 5) is 18.9. The molecule has 128 valence electrons. The van der Waals surface area contributed by atoms with Crippen LogP contribution in [0.2, 0.25) is 5.02 Å². The van der Waals surface area contributed by atoms with Crippen molar-refractivity contribution in [2.75, 3.05) is 0 Å². The quantitative estimate of drug-likeness (QED) is 0.687. The van der Waals surface area contributed by atoms with Gasteiger partial charge in [-0.1, -0.05) is 16.8 Å². The van der Waals surface area contributed by atoms with Crippen molar-refractivity contribution in [2.24, 2.45) is 5.73 Å². The lowest BCUT2D eigenvalue weighted by molar-refractivity contribution is -0.138. The first-order chi connectivity index (χ1) is 12.0. The first-order valence-electron chi connectivity index (χ1n) is 7.22. The molecule has 3 N–H and O–H groups in total. The summed E-state index contributed by atoms with van der Waals surface area (Å²) in [7, 11) is 0. The van der Waals surface area contributed by atoms with Crippen LogP contribution in [-0.2, 0) is 11.2 Å². The number of hydrogen-bond donors (Lipinski definition) is 2. The van der Waals surface area contributed by atoms with Gasteiger partial charge in [0.15, 0.2) is 5.82 Å². The highest BCUT2D eigenvalue weighted by molar-refractivity contribution is 6.30. The van der Waals surface area contributed by atoms with Crippen LogP contribution in [0.15, 0.2) is 47.1 Å². The number of carboxylic acids is 1. The maximum Gasteiger partial charge on any atom is 0.320 e. The van der Waals surface area contributed by atoms with E-state index in [1.807, 2.05) is 0 Å². The fraction of sp³-hybridized carbons (Fsp3) is 0.125. The van der Waals surface area contributed by atoms with Gasteiger partial charge in [0.05, 0.1) is 5.02 Å². The van der Waals surface area contributed by atoms with Crippen molar-refractivity contribution in [2.45, 2.75) is 12.5 Å². The minimum atomic E-state index is -1.12. The Morgan fingerprint density at radius 2 is 2.04 bits per heavy atom. The van der Waals surface area contributed by atoms with Crippen molar-refractivity contribution in [3.63, 3.8) is 0 Å². The molecule has 0 aliphatic heterocycles. The van der Waals surface area contributed by atoms with Crippen LogP contribution in [0.4, 0.5) is 0 Å². The zero-order valence-corrected chi connectivity index (χ0v) is 13.6.